The van der Waals surface area contributed by atoms with Crippen molar-refractivity contribution < 1.29 is 0 Å². The van der Waals surface area contributed by atoms with Gasteiger partial charge in [0.2, 0.25) is 0 Å². The van der Waals surface area contributed by atoms with Crippen molar-refractivity contribution in [1.29, 1.82) is 0 Å². The smallest absolute Gasteiger partial charge is 0.195 e. The minimum absolute atomic E-state index is 0.130. The van der Waals surface area contributed by atoms with Crippen molar-refractivity contribution in [3.05, 3.63) is 185 Å². The van der Waals surface area contributed by atoms with Gasteiger partial charge in [-0.15, -0.1) is 0 Å². The van der Waals surface area contributed by atoms with Gasteiger partial charge in [-0.3, -0.25) is 9.80 Å². The van der Waals surface area contributed by atoms with Gasteiger partial charge in [0.1, 0.15) is 0 Å². The molecule has 0 saturated carbocycles. The Bertz CT molecular complexity index is 2940. The fourth-order valence-corrected chi connectivity index (χ4v) is 12.4. The molecule has 2 unspecified atom stereocenters. The highest BCUT2D eigenvalue weighted by molar-refractivity contribution is 7.22. The Morgan fingerprint density at radius 1 is 0.586 bits per heavy atom. The monoisotopic (exact) mass is 788 g/mol. The Hall–Kier alpha value is -5.82. The summed E-state index contributed by atoms with van der Waals surface area (Å²) in [6.07, 6.45) is 4.99. The van der Waals surface area contributed by atoms with Crippen LogP contribution in [0.5, 0.6) is 0 Å². The summed E-state index contributed by atoms with van der Waals surface area (Å²) in [7, 11) is 0. The molecule has 0 spiro atoms. The van der Waals surface area contributed by atoms with Gasteiger partial charge in [0, 0.05) is 34.1 Å². The molecule has 3 aliphatic rings. The van der Waals surface area contributed by atoms with Crippen LogP contribution >= 0.6 is 22.7 Å². The van der Waals surface area contributed by atoms with Gasteiger partial charge in [-0.25, -0.2) is 9.97 Å². The largest absolute Gasteiger partial charge is 0.287 e. The van der Waals surface area contributed by atoms with E-state index >= 15 is 0 Å². The van der Waals surface area contributed by atoms with Crippen LogP contribution in [0, 0.1) is 12.8 Å². The molecule has 6 aromatic carbocycles. The summed E-state index contributed by atoms with van der Waals surface area (Å²) < 4.78 is 2.39. The average molecular weight is 789 g/mol. The number of anilines is 5. The molecule has 3 aliphatic carbocycles. The van der Waals surface area contributed by atoms with Gasteiger partial charge in [-0.1, -0.05) is 135 Å². The summed E-state index contributed by atoms with van der Waals surface area (Å²) in [6.45, 7) is 14.6. The summed E-state index contributed by atoms with van der Waals surface area (Å²) in [6, 6.07) is 48.1. The summed E-state index contributed by atoms with van der Waals surface area (Å²) in [5, 5.41) is 1.97. The highest BCUT2D eigenvalue weighted by Gasteiger charge is 2.52. The zero-order valence-electron chi connectivity index (χ0n) is 33.6. The molecule has 58 heavy (non-hydrogen) atoms. The predicted octanol–water partition coefficient (Wildman–Crippen LogP) is 14.7. The number of fused-ring (bicyclic) bond motifs is 9. The lowest BCUT2D eigenvalue weighted by Crippen LogP contribution is -2.31. The normalized spacial score (nSPS) is 18.3. The van der Waals surface area contributed by atoms with Gasteiger partial charge in [-0.05, 0) is 131 Å². The lowest BCUT2D eigenvalue weighted by Gasteiger charge is -2.36. The van der Waals surface area contributed by atoms with E-state index in [0.717, 1.165) is 38.4 Å². The molecule has 0 aliphatic heterocycles. The minimum atomic E-state index is -0.223. The molecule has 6 heteroatoms. The molecule has 0 bridgehead atoms. The highest BCUT2D eigenvalue weighted by atomic mass is 32.1. The first-order valence-electron chi connectivity index (χ1n) is 20.2. The number of benzene rings is 6. The number of rotatable bonds is 6. The maximum Gasteiger partial charge on any atom is 0.195 e. The quantitative estimate of drug-likeness (QED) is 0.168. The van der Waals surface area contributed by atoms with E-state index in [1.807, 2.05) is 0 Å². The van der Waals surface area contributed by atoms with E-state index < -0.39 is 0 Å². The first kappa shape index (κ1) is 35.4. The molecule has 2 atom stereocenters. The molecule has 0 radical (unpaired) electrons. The zero-order valence-corrected chi connectivity index (χ0v) is 35.2. The van der Waals surface area contributed by atoms with Crippen molar-refractivity contribution in [3.63, 3.8) is 0 Å². The van der Waals surface area contributed by atoms with Gasteiger partial charge in [0.05, 0.1) is 20.4 Å². The van der Waals surface area contributed by atoms with Crippen LogP contribution in [-0.2, 0) is 10.8 Å². The van der Waals surface area contributed by atoms with Gasteiger partial charge in [-0.2, -0.15) is 0 Å². The van der Waals surface area contributed by atoms with Crippen molar-refractivity contribution in [3.8, 4) is 11.1 Å². The lowest BCUT2D eigenvalue weighted by atomic mass is 9.69. The SMILES string of the molecule is CC1=CC(N(c2ccccc2)c2nc3ccccc3s2)=CC2C1c1ccc3c(c1C2(C)C)C(C)(C)c1cc(N(c2ccccc2)c2nc4ccccc4s2)cc(C)c1-3. The van der Waals surface area contributed by atoms with Crippen molar-refractivity contribution >= 4 is 70.4 Å². The fraction of sp³-hybridized carbons (Fsp3) is 0.192. The molecule has 0 fully saturated rings. The maximum atomic E-state index is 5.19. The van der Waals surface area contributed by atoms with Crippen LogP contribution in [0.2, 0.25) is 0 Å². The lowest BCUT2D eigenvalue weighted by molar-refractivity contribution is 0.380. The number of aromatic nitrogens is 2. The Labute approximate surface area is 348 Å². The number of thiazole rings is 2. The molecule has 2 heterocycles. The average Bonchev–Trinajstić information content (AvgIpc) is 3.95. The van der Waals surface area contributed by atoms with Crippen molar-refractivity contribution in [2.24, 2.45) is 5.92 Å². The van der Waals surface area contributed by atoms with Crippen LogP contribution in [0.1, 0.15) is 68.4 Å². The van der Waals surface area contributed by atoms with Crippen LogP contribution in [0.25, 0.3) is 31.6 Å². The molecule has 284 valence electrons. The molecule has 0 N–H and O–H groups in total. The standard InChI is InChI=1S/C52H44N4S2/c1-31-27-35(55(33-17-9-7-10-18-33)49-53-41-21-13-15-23-43(41)57-49)29-39-45(31)37-25-26-38-46-32(2)28-36(30-40(46)52(5,6)48(38)47(37)51(39,3)4)56(34-19-11-8-12-20-34)50-54-42-22-14-16-24-44(42)58-50/h7-30,39,45H,1-6H3. The Kier molecular flexibility index (Phi) is 7.83. The number of hydrogen-bond donors (Lipinski definition) is 0. The third-order valence-corrected chi connectivity index (χ3v) is 15.0. The first-order chi connectivity index (χ1) is 28.1. The van der Waals surface area contributed by atoms with Crippen LogP contribution in [0.3, 0.4) is 0 Å². The molecular formula is C52H44N4S2. The first-order valence-corrected chi connectivity index (χ1v) is 21.9. The number of hydrogen-bond acceptors (Lipinski definition) is 6. The second-order valence-corrected chi connectivity index (χ2v) is 19.3. The van der Waals surface area contributed by atoms with Crippen molar-refractivity contribution in [2.75, 3.05) is 9.80 Å². The van der Waals surface area contributed by atoms with Crippen molar-refractivity contribution in [2.45, 2.75) is 58.3 Å². The van der Waals surface area contributed by atoms with Crippen LogP contribution < -0.4 is 9.80 Å². The van der Waals surface area contributed by atoms with E-state index in [9.17, 15) is 0 Å². The molecule has 8 aromatic rings. The third kappa shape index (κ3) is 5.17. The van der Waals surface area contributed by atoms with E-state index in [2.05, 4.69) is 197 Å². The number of para-hydroxylation sites is 4. The molecule has 0 saturated heterocycles. The second kappa shape index (κ2) is 12.8. The zero-order chi connectivity index (χ0) is 39.5. The van der Waals surface area contributed by atoms with Gasteiger partial charge >= 0.3 is 0 Å². The molecule has 11 rings (SSSR count). The van der Waals surface area contributed by atoms with Gasteiger partial charge in [0.15, 0.2) is 10.3 Å². The number of nitrogens with zero attached hydrogens (tertiary/aromatic N) is 4. The van der Waals surface area contributed by atoms with E-state index in [-0.39, 0.29) is 16.7 Å². The van der Waals surface area contributed by atoms with Crippen LogP contribution in [0.4, 0.5) is 27.3 Å². The molecular weight excluding hydrogens is 745 g/mol. The van der Waals surface area contributed by atoms with Gasteiger partial charge < -0.3 is 0 Å². The summed E-state index contributed by atoms with van der Waals surface area (Å²) in [5.74, 6) is 0.578. The fourth-order valence-electron chi connectivity index (χ4n) is 10.4. The Balaban J connectivity index is 1.04. The van der Waals surface area contributed by atoms with E-state index in [4.69, 9.17) is 9.97 Å². The Morgan fingerprint density at radius 3 is 1.78 bits per heavy atom. The highest BCUT2D eigenvalue weighted by Crippen LogP contribution is 2.63. The molecule has 2 aromatic heterocycles. The van der Waals surface area contributed by atoms with E-state index in [0.29, 0.717) is 5.92 Å². The Morgan fingerprint density at radius 2 is 1.16 bits per heavy atom. The number of aryl methyl sites for hydroxylation is 1. The minimum Gasteiger partial charge on any atom is -0.287 e. The molecule has 0 amide bonds. The topological polar surface area (TPSA) is 32.3 Å². The van der Waals surface area contributed by atoms with E-state index in [1.54, 1.807) is 22.7 Å². The predicted molar refractivity (Wildman–Crippen MR) is 246 cm³/mol. The van der Waals surface area contributed by atoms with Gasteiger partial charge in [0.25, 0.3) is 0 Å². The maximum absolute atomic E-state index is 5.19. The summed E-state index contributed by atoms with van der Waals surface area (Å²) >= 11 is 3.50. The van der Waals surface area contributed by atoms with Crippen LogP contribution in [-0.4, -0.2) is 9.97 Å². The number of allylic oxidation sites excluding steroid dienone is 3. The second-order valence-electron chi connectivity index (χ2n) is 17.2. The summed E-state index contributed by atoms with van der Waals surface area (Å²) in [4.78, 5) is 15.1. The molecule has 4 nitrogen and oxygen atoms in total. The summed E-state index contributed by atoms with van der Waals surface area (Å²) in [5.41, 5.74) is 17.6. The third-order valence-electron chi connectivity index (χ3n) is 13.0. The van der Waals surface area contributed by atoms with Crippen LogP contribution in [0.15, 0.2) is 157 Å². The van der Waals surface area contributed by atoms with Crippen molar-refractivity contribution in [1.82, 2.24) is 9.97 Å². The van der Waals surface area contributed by atoms with E-state index in [1.165, 1.54) is 59.6 Å².